The van der Waals surface area contributed by atoms with Crippen molar-refractivity contribution in [2.45, 2.75) is 53.1 Å². The molecule has 0 unspecified atom stereocenters. The van der Waals surface area contributed by atoms with Gasteiger partial charge in [0.15, 0.2) is 0 Å². The molecular formula is C22H28O3. The Kier molecular flexibility index (Phi) is 5.03. The molecule has 1 N–H and O–H groups in total. The Bertz CT molecular complexity index is 709. The van der Waals surface area contributed by atoms with Crippen LogP contribution in [0, 0.1) is 17.8 Å². The van der Waals surface area contributed by atoms with Crippen molar-refractivity contribution >= 4 is 5.97 Å². The summed E-state index contributed by atoms with van der Waals surface area (Å²) in [5.41, 5.74) is 4.87. The van der Waals surface area contributed by atoms with Crippen molar-refractivity contribution in [1.29, 1.82) is 0 Å². The van der Waals surface area contributed by atoms with Gasteiger partial charge in [0.05, 0.1) is 5.56 Å². The van der Waals surface area contributed by atoms with E-state index in [0.717, 1.165) is 19.3 Å². The highest BCUT2D eigenvalue weighted by atomic mass is 16.5. The zero-order valence-electron chi connectivity index (χ0n) is 15.6. The predicted octanol–water partition coefficient (Wildman–Crippen LogP) is 5.27. The van der Waals surface area contributed by atoms with Crippen LogP contribution in [-0.4, -0.2) is 17.2 Å². The molecule has 0 aliphatic heterocycles. The first kappa shape index (κ1) is 17.8. The fourth-order valence-electron chi connectivity index (χ4n) is 4.27. The molecule has 0 heterocycles. The van der Waals surface area contributed by atoms with Crippen LogP contribution in [-0.2, 0) is 4.74 Å². The fourth-order valence-corrected chi connectivity index (χ4v) is 4.27. The van der Waals surface area contributed by atoms with Gasteiger partial charge in [-0.15, -0.1) is 0 Å². The lowest BCUT2D eigenvalue weighted by Crippen LogP contribution is -2.31. The molecule has 3 nitrogen and oxygen atoms in total. The second-order valence-corrected chi connectivity index (χ2v) is 7.85. The second-order valence-electron chi connectivity index (χ2n) is 7.85. The summed E-state index contributed by atoms with van der Waals surface area (Å²) in [4.78, 5) is 12.6. The first-order valence-corrected chi connectivity index (χ1v) is 9.22. The summed E-state index contributed by atoms with van der Waals surface area (Å²) in [5.74, 6) is 1.18. The summed E-state index contributed by atoms with van der Waals surface area (Å²) in [6, 6.07) is 6.28. The molecule has 3 atom stereocenters. The first-order valence-electron chi connectivity index (χ1n) is 9.22. The maximum absolute atomic E-state index is 12.6. The number of ether oxygens (including phenoxy) is 1. The molecule has 0 bridgehead atoms. The number of phenols is 1. The van der Waals surface area contributed by atoms with Crippen LogP contribution in [0.15, 0.2) is 47.1 Å². The van der Waals surface area contributed by atoms with E-state index in [0.29, 0.717) is 23.3 Å². The van der Waals surface area contributed by atoms with E-state index in [-0.39, 0.29) is 17.8 Å². The molecule has 0 saturated carbocycles. The highest BCUT2D eigenvalue weighted by Gasteiger charge is 2.37. The Hall–Kier alpha value is -2.03. The summed E-state index contributed by atoms with van der Waals surface area (Å²) in [6.07, 6.45) is 5.18. The molecule has 3 heteroatoms. The first-order chi connectivity index (χ1) is 11.9. The van der Waals surface area contributed by atoms with Crippen LogP contribution in [0.1, 0.15) is 57.3 Å². The average molecular weight is 340 g/mol. The highest BCUT2D eigenvalue weighted by Crippen LogP contribution is 2.45. The molecule has 1 aromatic rings. The van der Waals surface area contributed by atoms with Crippen LogP contribution >= 0.6 is 0 Å². The number of fused-ring (bicyclic) bond motifs is 1. The Morgan fingerprint density at radius 3 is 2.52 bits per heavy atom. The number of allylic oxidation sites excluding steroid dienone is 3. The SMILES string of the molecule is CC1=CCC2=C(C)C[C@H](OC(=O)c3ccc(O)cc3)[C@H](C(C)C)C[C@@H]12. The minimum absolute atomic E-state index is 0.0906. The Morgan fingerprint density at radius 1 is 1.20 bits per heavy atom. The zero-order valence-corrected chi connectivity index (χ0v) is 15.6. The summed E-state index contributed by atoms with van der Waals surface area (Å²) >= 11 is 0. The zero-order chi connectivity index (χ0) is 18.1. The molecule has 25 heavy (non-hydrogen) atoms. The molecule has 2 aliphatic rings. The maximum atomic E-state index is 12.6. The number of carbonyl (C=O) groups excluding carboxylic acids is 1. The van der Waals surface area contributed by atoms with Crippen molar-refractivity contribution in [3.8, 4) is 5.75 Å². The summed E-state index contributed by atoms with van der Waals surface area (Å²) in [7, 11) is 0. The van der Waals surface area contributed by atoms with Crippen molar-refractivity contribution in [3.63, 3.8) is 0 Å². The Balaban J connectivity index is 1.82. The molecule has 3 rings (SSSR count). The quantitative estimate of drug-likeness (QED) is 0.602. The topological polar surface area (TPSA) is 46.5 Å². The van der Waals surface area contributed by atoms with Crippen LogP contribution in [0.4, 0.5) is 0 Å². The molecule has 1 aromatic carbocycles. The van der Waals surface area contributed by atoms with E-state index in [2.05, 4.69) is 33.8 Å². The van der Waals surface area contributed by atoms with Crippen molar-refractivity contribution in [3.05, 3.63) is 52.6 Å². The van der Waals surface area contributed by atoms with Crippen molar-refractivity contribution in [2.24, 2.45) is 17.8 Å². The average Bonchev–Trinajstić information content (AvgIpc) is 2.85. The van der Waals surface area contributed by atoms with Crippen LogP contribution in [0.25, 0.3) is 0 Å². The molecular weight excluding hydrogens is 312 g/mol. The molecule has 0 amide bonds. The molecule has 0 spiro atoms. The third kappa shape index (κ3) is 3.65. The predicted molar refractivity (Wildman–Crippen MR) is 99.4 cm³/mol. The number of rotatable bonds is 3. The standard InChI is InChI=1S/C22H28O3/c1-13(2)19-12-20-14(3)5-10-18(20)15(4)11-21(19)25-22(24)16-6-8-17(23)9-7-16/h5-9,13,19-21,23H,10-12H2,1-4H3/t19-,20-,21-/m0/s1. The lowest BCUT2D eigenvalue weighted by Gasteiger charge is -2.30. The molecule has 0 aromatic heterocycles. The minimum atomic E-state index is -0.298. The number of hydrogen-bond donors (Lipinski definition) is 1. The van der Waals surface area contributed by atoms with E-state index in [9.17, 15) is 9.90 Å². The Morgan fingerprint density at radius 2 is 1.88 bits per heavy atom. The summed E-state index contributed by atoms with van der Waals surface area (Å²) in [5, 5.41) is 9.40. The minimum Gasteiger partial charge on any atom is -0.508 e. The lowest BCUT2D eigenvalue weighted by atomic mass is 9.81. The van der Waals surface area contributed by atoms with Gasteiger partial charge < -0.3 is 9.84 Å². The van der Waals surface area contributed by atoms with Crippen LogP contribution in [0.3, 0.4) is 0 Å². The van der Waals surface area contributed by atoms with Gasteiger partial charge in [0.1, 0.15) is 11.9 Å². The van der Waals surface area contributed by atoms with Gasteiger partial charge in [0, 0.05) is 12.3 Å². The third-order valence-electron chi connectivity index (χ3n) is 5.87. The van der Waals surface area contributed by atoms with Crippen LogP contribution < -0.4 is 0 Å². The van der Waals surface area contributed by atoms with Gasteiger partial charge in [-0.1, -0.05) is 36.6 Å². The largest absolute Gasteiger partial charge is 0.508 e. The van der Waals surface area contributed by atoms with Gasteiger partial charge in [0.25, 0.3) is 0 Å². The number of aromatic hydroxyl groups is 1. The summed E-state index contributed by atoms with van der Waals surface area (Å²) in [6.45, 7) is 8.87. The van der Waals surface area contributed by atoms with Gasteiger partial charge in [-0.25, -0.2) is 4.79 Å². The number of benzene rings is 1. The van der Waals surface area contributed by atoms with Gasteiger partial charge in [-0.05, 0) is 62.8 Å². The smallest absolute Gasteiger partial charge is 0.338 e. The monoisotopic (exact) mass is 340 g/mol. The van der Waals surface area contributed by atoms with E-state index < -0.39 is 0 Å². The lowest BCUT2D eigenvalue weighted by molar-refractivity contribution is 0.00461. The molecule has 0 fully saturated rings. The van der Waals surface area contributed by atoms with E-state index in [1.165, 1.54) is 28.9 Å². The number of hydrogen-bond acceptors (Lipinski definition) is 3. The van der Waals surface area contributed by atoms with Crippen molar-refractivity contribution in [2.75, 3.05) is 0 Å². The van der Waals surface area contributed by atoms with Crippen LogP contribution in [0.5, 0.6) is 5.75 Å². The van der Waals surface area contributed by atoms with Crippen molar-refractivity contribution < 1.29 is 14.6 Å². The van der Waals surface area contributed by atoms with E-state index >= 15 is 0 Å². The number of carbonyl (C=O) groups is 1. The third-order valence-corrected chi connectivity index (χ3v) is 5.87. The maximum Gasteiger partial charge on any atom is 0.338 e. The molecule has 2 aliphatic carbocycles. The Labute approximate surface area is 150 Å². The van der Waals surface area contributed by atoms with Crippen molar-refractivity contribution in [1.82, 2.24) is 0 Å². The molecule has 134 valence electrons. The van der Waals surface area contributed by atoms with Crippen LogP contribution in [0.2, 0.25) is 0 Å². The fraction of sp³-hybridized carbons (Fsp3) is 0.500. The number of phenolic OH excluding ortho intramolecular Hbond substituents is 1. The van der Waals surface area contributed by atoms with Gasteiger partial charge >= 0.3 is 5.97 Å². The van der Waals surface area contributed by atoms with Gasteiger partial charge in [-0.2, -0.15) is 0 Å². The molecule has 0 radical (unpaired) electrons. The van der Waals surface area contributed by atoms with Gasteiger partial charge in [-0.3, -0.25) is 0 Å². The second kappa shape index (κ2) is 7.07. The van der Waals surface area contributed by atoms with E-state index in [1.807, 2.05) is 0 Å². The van der Waals surface area contributed by atoms with E-state index in [1.54, 1.807) is 12.1 Å². The number of esters is 1. The summed E-state index contributed by atoms with van der Waals surface area (Å²) < 4.78 is 5.97. The normalized spacial score (nSPS) is 26.3. The van der Waals surface area contributed by atoms with Gasteiger partial charge in [0.2, 0.25) is 0 Å². The van der Waals surface area contributed by atoms with E-state index in [4.69, 9.17) is 4.74 Å². The highest BCUT2D eigenvalue weighted by molar-refractivity contribution is 5.89. The molecule has 0 saturated heterocycles.